The highest BCUT2D eigenvalue weighted by Crippen LogP contribution is 2.10. The number of hydrogen-bond acceptors (Lipinski definition) is 1. The Morgan fingerprint density at radius 1 is 0.500 bits per heavy atom. The Labute approximate surface area is 141 Å². The van der Waals surface area contributed by atoms with Crippen LogP contribution in [0.15, 0.2) is 0 Å². The summed E-state index contributed by atoms with van der Waals surface area (Å²) in [6.07, 6.45) is 23.1. The van der Waals surface area contributed by atoms with E-state index in [4.69, 9.17) is 4.74 Å². The summed E-state index contributed by atoms with van der Waals surface area (Å²) in [5.74, 6) is 0. The SMILES string of the molecule is [CH2]CCCCCCCCCOCCCCCCCCCCC. The normalized spacial score (nSPS) is 11.2. The largest absolute Gasteiger partial charge is 0.381 e. The molecule has 0 aromatic carbocycles. The molecule has 1 heteroatoms. The summed E-state index contributed by atoms with van der Waals surface area (Å²) in [6, 6.07) is 0. The van der Waals surface area contributed by atoms with Crippen molar-refractivity contribution >= 4 is 0 Å². The molecule has 0 fully saturated rings. The van der Waals surface area contributed by atoms with Crippen molar-refractivity contribution in [2.75, 3.05) is 13.2 Å². The van der Waals surface area contributed by atoms with Crippen LogP contribution in [-0.2, 0) is 4.74 Å². The molecule has 0 aromatic heterocycles. The van der Waals surface area contributed by atoms with Gasteiger partial charge in [0, 0.05) is 13.2 Å². The molecule has 0 aliphatic carbocycles. The van der Waals surface area contributed by atoms with Crippen molar-refractivity contribution in [3.63, 3.8) is 0 Å². The summed E-state index contributed by atoms with van der Waals surface area (Å²) >= 11 is 0. The second-order valence-corrected chi connectivity index (χ2v) is 6.77. The lowest BCUT2D eigenvalue weighted by atomic mass is 10.1. The van der Waals surface area contributed by atoms with Crippen molar-refractivity contribution in [1.82, 2.24) is 0 Å². The van der Waals surface area contributed by atoms with E-state index in [-0.39, 0.29) is 0 Å². The molecule has 0 bridgehead atoms. The van der Waals surface area contributed by atoms with Crippen LogP contribution in [0.25, 0.3) is 0 Å². The molecule has 0 saturated heterocycles. The third kappa shape index (κ3) is 20.0. The Morgan fingerprint density at radius 2 is 0.864 bits per heavy atom. The number of unbranched alkanes of at least 4 members (excludes halogenated alkanes) is 15. The predicted molar refractivity (Wildman–Crippen MR) is 100 cm³/mol. The quantitative estimate of drug-likeness (QED) is 0.224. The minimum absolute atomic E-state index is 0.982. The van der Waals surface area contributed by atoms with Gasteiger partial charge in [-0.25, -0.2) is 0 Å². The van der Waals surface area contributed by atoms with E-state index < -0.39 is 0 Å². The van der Waals surface area contributed by atoms with Gasteiger partial charge in [-0.2, -0.15) is 0 Å². The van der Waals surface area contributed by atoms with E-state index in [1.54, 1.807) is 0 Å². The lowest BCUT2D eigenvalue weighted by Gasteiger charge is -2.05. The first-order valence-corrected chi connectivity index (χ1v) is 10.3. The summed E-state index contributed by atoms with van der Waals surface area (Å²) in [6.45, 7) is 8.13. The highest BCUT2D eigenvalue weighted by molar-refractivity contribution is 4.49. The first kappa shape index (κ1) is 22.0. The summed E-state index contributed by atoms with van der Waals surface area (Å²) in [4.78, 5) is 0. The van der Waals surface area contributed by atoms with Gasteiger partial charge in [0.2, 0.25) is 0 Å². The van der Waals surface area contributed by atoms with Crippen LogP contribution in [0.1, 0.15) is 116 Å². The van der Waals surface area contributed by atoms with Crippen molar-refractivity contribution in [3.05, 3.63) is 6.92 Å². The monoisotopic (exact) mass is 311 g/mol. The van der Waals surface area contributed by atoms with Crippen molar-refractivity contribution in [1.29, 1.82) is 0 Å². The zero-order valence-electron chi connectivity index (χ0n) is 15.6. The fraction of sp³-hybridized carbons (Fsp3) is 0.952. The number of hydrogen-bond donors (Lipinski definition) is 0. The van der Waals surface area contributed by atoms with Crippen LogP contribution in [0.5, 0.6) is 0 Å². The van der Waals surface area contributed by atoms with Gasteiger partial charge in [0.15, 0.2) is 0 Å². The van der Waals surface area contributed by atoms with Crippen LogP contribution in [0, 0.1) is 6.92 Å². The van der Waals surface area contributed by atoms with Crippen molar-refractivity contribution in [2.24, 2.45) is 0 Å². The molecule has 0 amide bonds. The maximum Gasteiger partial charge on any atom is 0.0466 e. The fourth-order valence-electron chi connectivity index (χ4n) is 2.88. The van der Waals surface area contributed by atoms with E-state index in [0.717, 1.165) is 19.6 Å². The van der Waals surface area contributed by atoms with Gasteiger partial charge >= 0.3 is 0 Å². The van der Waals surface area contributed by atoms with Gasteiger partial charge in [-0.1, -0.05) is 110 Å². The minimum atomic E-state index is 0.982. The Morgan fingerprint density at radius 3 is 1.27 bits per heavy atom. The first-order chi connectivity index (χ1) is 10.9. The molecular formula is C21H43O. The van der Waals surface area contributed by atoms with E-state index in [1.807, 2.05) is 0 Å². The molecule has 1 radical (unpaired) electrons. The molecule has 0 aromatic rings. The molecular weight excluding hydrogens is 268 g/mol. The van der Waals surface area contributed by atoms with E-state index in [0.29, 0.717) is 0 Å². The molecule has 1 nitrogen and oxygen atoms in total. The second-order valence-electron chi connectivity index (χ2n) is 6.77. The van der Waals surface area contributed by atoms with Crippen LogP contribution in [0.3, 0.4) is 0 Å². The lowest BCUT2D eigenvalue weighted by molar-refractivity contribution is 0.125. The molecule has 0 rings (SSSR count). The van der Waals surface area contributed by atoms with Gasteiger partial charge in [0.1, 0.15) is 0 Å². The first-order valence-electron chi connectivity index (χ1n) is 10.3. The molecule has 22 heavy (non-hydrogen) atoms. The maximum absolute atomic E-state index is 5.73. The smallest absolute Gasteiger partial charge is 0.0466 e. The average Bonchev–Trinajstić information content (AvgIpc) is 2.54. The molecule has 133 valence electrons. The van der Waals surface area contributed by atoms with Gasteiger partial charge < -0.3 is 4.74 Å². The van der Waals surface area contributed by atoms with Gasteiger partial charge in [-0.05, 0) is 12.8 Å². The van der Waals surface area contributed by atoms with Gasteiger partial charge in [0.25, 0.3) is 0 Å². The van der Waals surface area contributed by atoms with E-state index in [2.05, 4.69) is 13.8 Å². The molecule has 0 spiro atoms. The Bertz CT molecular complexity index is 159. The molecule has 0 atom stereocenters. The van der Waals surface area contributed by atoms with E-state index >= 15 is 0 Å². The topological polar surface area (TPSA) is 9.23 Å². The van der Waals surface area contributed by atoms with Crippen LogP contribution >= 0.6 is 0 Å². The molecule has 0 aliphatic rings. The van der Waals surface area contributed by atoms with Crippen LogP contribution in [-0.4, -0.2) is 13.2 Å². The maximum atomic E-state index is 5.73. The lowest BCUT2D eigenvalue weighted by Crippen LogP contribution is -1.97. The average molecular weight is 312 g/mol. The minimum Gasteiger partial charge on any atom is -0.381 e. The summed E-state index contributed by atoms with van der Waals surface area (Å²) < 4.78 is 5.73. The summed E-state index contributed by atoms with van der Waals surface area (Å²) in [7, 11) is 0. The zero-order chi connectivity index (χ0) is 16.1. The molecule has 0 N–H and O–H groups in total. The Hall–Kier alpha value is -0.0400. The van der Waals surface area contributed by atoms with Crippen molar-refractivity contribution in [2.45, 2.75) is 116 Å². The van der Waals surface area contributed by atoms with E-state index in [1.165, 1.54) is 103 Å². The Balaban J connectivity index is 2.91. The Kier molecular flexibility index (Phi) is 20.9. The van der Waals surface area contributed by atoms with Crippen molar-refractivity contribution in [3.8, 4) is 0 Å². The highest BCUT2D eigenvalue weighted by atomic mass is 16.5. The molecule has 0 unspecified atom stereocenters. The van der Waals surface area contributed by atoms with Gasteiger partial charge in [-0.3, -0.25) is 0 Å². The number of rotatable bonds is 19. The van der Waals surface area contributed by atoms with Gasteiger partial charge in [-0.15, -0.1) is 0 Å². The van der Waals surface area contributed by atoms with Crippen LogP contribution < -0.4 is 0 Å². The summed E-state index contributed by atoms with van der Waals surface area (Å²) in [5.41, 5.74) is 0. The highest BCUT2D eigenvalue weighted by Gasteiger charge is 1.94. The molecule has 0 saturated carbocycles. The van der Waals surface area contributed by atoms with E-state index in [9.17, 15) is 0 Å². The third-order valence-corrected chi connectivity index (χ3v) is 4.43. The van der Waals surface area contributed by atoms with Gasteiger partial charge in [0.05, 0.1) is 0 Å². The summed E-state index contributed by atoms with van der Waals surface area (Å²) in [5, 5.41) is 0. The molecule has 0 aliphatic heterocycles. The zero-order valence-corrected chi connectivity index (χ0v) is 15.6. The second kappa shape index (κ2) is 21.0. The third-order valence-electron chi connectivity index (χ3n) is 4.43. The fourth-order valence-corrected chi connectivity index (χ4v) is 2.88. The van der Waals surface area contributed by atoms with Crippen LogP contribution in [0.2, 0.25) is 0 Å². The van der Waals surface area contributed by atoms with Crippen LogP contribution in [0.4, 0.5) is 0 Å². The number of ether oxygens (including phenoxy) is 1. The predicted octanol–water partition coefficient (Wildman–Crippen LogP) is 7.49. The molecule has 0 heterocycles. The van der Waals surface area contributed by atoms with Crippen molar-refractivity contribution < 1.29 is 4.74 Å². The standard InChI is InChI=1S/C21H43O/c1-3-5-7-9-11-13-15-17-19-21-22-20-18-16-14-12-10-8-6-4-2/h2-21H2,1H3.